The maximum absolute atomic E-state index is 12.0. The molecule has 7 nitrogen and oxygen atoms in total. The number of imide groups is 1. The molecule has 25 heavy (non-hydrogen) atoms. The Morgan fingerprint density at radius 3 is 2.84 bits per heavy atom. The van der Waals surface area contributed by atoms with E-state index in [9.17, 15) is 9.59 Å². The van der Waals surface area contributed by atoms with Crippen molar-refractivity contribution in [3.05, 3.63) is 24.0 Å². The average molecular weight is 380 g/mol. The highest BCUT2D eigenvalue weighted by Gasteiger charge is 2.16. The quantitative estimate of drug-likeness (QED) is 0.750. The van der Waals surface area contributed by atoms with E-state index in [4.69, 9.17) is 0 Å². The van der Waals surface area contributed by atoms with Crippen molar-refractivity contribution in [3.8, 4) is 0 Å². The summed E-state index contributed by atoms with van der Waals surface area (Å²) >= 11 is 2.74. The van der Waals surface area contributed by atoms with Crippen molar-refractivity contribution < 1.29 is 9.59 Å². The number of hydrogen-bond acceptors (Lipinski definition) is 7. The first kappa shape index (κ1) is 17.9. The Kier molecular flexibility index (Phi) is 6.09. The summed E-state index contributed by atoms with van der Waals surface area (Å²) in [5, 5.41) is 14.8. The number of anilines is 1. The molecular formula is C16H21N5O2S2. The molecule has 0 aliphatic heterocycles. The summed E-state index contributed by atoms with van der Waals surface area (Å²) in [6.45, 7) is 0. The van der Waals surface area contributed by atoms with Gasteiger partial charge in [-0.15, -0.1) is 10.2 Å². The third kappa shape index (κ3) is 5.05. The summed E-state index contributed by atoms with van der Waals surface area (Å²) < 4.78 is 2.39. The minimum Gasteiger partial charge on any atom is -0.357 e. The highest BCUT2D eigenvalue weighted by Crippen LogP contribution is 2.28. The fourth-order valence-corrected chi connectivity index (χ4v) is 4.43. The first-order valence-electron chi connectivity index (χ1n) is 8.30. The summed E-state index contributed by atoms with van der Waals surface area (Å²) in [6, 6.07) is 3.91. The highest BCUT2D eigenvalue weighted by atomic mass is 32.2. The molecule has 1 fully saturated rings. The molecule has 0 aromatic carbocycles. The minimum atomic E-state index is -0.394. The molecule has 134 valence electrons. The molecule has 0 spiro atoms. The standard InChI is InChI=1S/C16H21N5O2S2/c1-21-9-5-8-12(21)14(23)18-13(22)10-24-16-20-19-15(25-16)17-11-6-3-2-4-7-11/h5,8-9,11H,2-4,6-7,10H2,1H3,(H,17,19)(H,18,22,23). The second-order valence-corrected chi connectivity index (χ2v) is 8.22. The normalized spacial score (nSPS) is 15.1. The summed E-state index contributed by atoms with van der Waals surface area (Å²) in [6.07, 6.45) is 7.93. The van der Waals surface area contributed by atoms with Gasteiger partial charge in [0, 0.05) is 19.3 Å². The van der Waals surface area contributed by atoms with E-state index in [1.807, 2.05) is 0 Å². The fourth-order valence-electron chi connectivity index (χ4n) is 2.80. The van der Waals surface area contributed by atoms with Gasteiger partial charge in [-0.2, -0.15) is 0 Å². The Morgan fingerprint density at radius 1 is 1.32 bits per heavy atom. The van der Waals surface area contributed by atoms with Gasteiger partial charge < -0.3 is 9.88 Å². The number of aryl methyl sites for hydroxylation is 1. The van der Waals surface area contributed by atoms with E-state index in [2.05, 4.69) is 20.8 Å². The van der Waals surface area contributed by atoms with Crippen LogP contribution >= 0.6 is 23.1 Å². The van der Waals surface area contributed by atoms with Crippen LogP contribution in [0.5, 0.6) is 0 Å². The van der Waals surface area contributed by atoms with Crippen LogP contribution in [0.3, 0.4) is 0 Å². The second-order valence-electron chi connectivity index (χ2n) is 6.02. The number of hydrogen-bond donors (Lipinski definition) is 2. The monoisotopic (exact) mass is 379 g/mol. The third-order valence-electron chi connectivity index (χ3n) is 4.10. The Morgan fingerprint density at radius 2 is 2.12 bits per heavy atom. The molecule has 1 aliphatic carbocycles. The van der Waals surface area contributed by atoms with E-state index in [0.29, 0.717) is 11.7 Å². The minimum absolute atomic E-state index is 0.133. The van der Waals surface area contributed by atoms with Crippen LogP contribution in [0, 0.1) is 0 Å². The topological polar surface area (TPSA) is 88.9 Å². The molecule has 1 saturated carbocycles. The van der Waals surface area contributed by atoms with Crippen molar-refractivity contribution in [1.29, 1.82) is 0 Å². The van der Waals surface area contributed by atoms with E-state index in [1.165, 1.54) is 55.2 Å². The molecule has 2 aromatic rings. The van der Waals surface area contributed by atoms with Crippen LogP contribution in [0.2, 0.25) is 0 Å². The summed E-state index contributed by atoms with van der Waals surface area (Å²) in [7, 11) is 1.76. The Labute approximate surface area is 154 Å². The number of carbonyl (C=O) groups is 2. The van der Waals surface area contributed by atoms with Crippen molar-refractivity contribution in [1.82, 2.24) is 20.1 Å². The van der Waals surface area contributed by atoms with Crippen molar-refractivity contribution in [3.63, 3.8) is 0 Å². The number of nitrogens with zero attached hydrogens (tertiary/aromatic N) is 3. The van der Waals surface area contributed by atoms with Crippen LogP contribution in [0.4, 0.5) is 5.13 Å². The summed E-state index contributed by atoms with van der Waals surface area (Å²) in [5.74, 6) is -0.600. The van der Waals surface area contributed by atoms with Gasteiger partial charge in [-0.25, -0.2) is 0 Å². The lowest BCUT2D eigenvalue weighted by Crippen LogP contribution is -2.32. The predicted molar refractivity (Wildman–Crippen MR) is 99.0 cm³/mol. The molecule has 0 bridgehead atoms. The van der Waals surface area contributed by atoms with Gasteiger partial charge in [-0.05, 0) is 25.0 Å². The molecule has 0 unspecified atom stereocenters. The molecular weight excluding hydrogens is 358 g/mol. The lowest BCUT2D eigenvalue weighted by atomic mass is 9.96. The molecule has 2 heterocycles. The van der Waals surface area contributed by atoms with Gasteiger partial charge in [0.1, 0.15) is 5.69 Å². The predicted octanol–water partition coefficient (Wildman–Crippen LogP) is 2.67. The maximum atomic E-state index is 12.0. The molecule has 9 heteroatoms. The first-order valence-corrected chi connectivity index (χ1v) is 10.1. The van der Waals surface area contributed by atoms with E-state index in [0.717, 1.165) is 9.47 Å². The Hall–Kier alpha value is -1.87. The lowest BCUT2D eigenvalue weighted by Gasteiger charge is -2.21. The number of aromatic nitrogens is 3. The fraction of sp³-hybridized carbons (Fsp3) is 0.500. The lowest BCUT2D eigenvalue weighted by molar-refractivity contribution is -0.117. The summed E-state index contributed by atoms with van der Waals surface area (Å²) in [4.78, 5) is 23.9. The zero-order valence-corrected chi connectivity index (χ0v) is 15.7. The highest BCUT2D eigenvalue weighted by molar-refractivity contribution is 8.01. The molecule has 2 N–H and O–H groups in total. The number of thioether (sulfide) groups is 1. The Balaban J connectivity index is 1.44. The van der Waals surface area contributed by atoms with Crippen molar-refractivity contribution >= 4 is 40.0 Å². The van der Waals surface area contributed by atoms with E-state index >= 15 is 0 Å². The van der Waals surface area contributed by atoms with Gasteiger partial charge in [0.05, 0.1) is 5.75 Å². The molecule has 2 aromatic heterocycles. The maximum Gasteiger partial charge on any atom is 0.274 e. The summed E-state index contributed by atoms with van der Waals surface area (Å²) in [5.41, 5.74) is 0.452. The van der Waals surface area contributed by atoms with Crippen LogP contribution < -0.4 is 10.6 Å². The van der Waals surface area contributed by atoms with Gasteiger partial charge in [-0.1, -0.05) is 42.4 Å². The largest absolute Gasteiger partial charge is 0.357 e. The number of nitrogens with one attached hydrogen (secondary N) is 2. The van der Waals surface area contributed by atoms with E-state index in [-0.39, 0.29) is 11.7 Å². The number of rotatable bonds is 6. The number of amides is 2. The third-order valence-corrected chi connectivity index (χ3v) is 6.08. The van der Waals surface area contributed by atoms with Gasteiger partial charge >= 0.3 is 0 Å². The SMILES string of the molecule is Cn1cccc1C(=O)NC(=O)CSc1nnc(NC2CCCCC2)s1. The zero-order valence-electron chi connectivity index (χ0n) is 14.0. The van der Waals surface area contributed by atoms with Crippen LogP contribution in [0.15, 0.2) is 22.7 Å². The molecule has 0 saturated heterocycles. The van der Waals surface area contributed by atoms with Crippen molar-refractivity contribution in [2.75, 3.05) is 11.1 Å². The molecule has 2 amide bonds. The zero-order chi connectivity index (χ0) is 17.6. The van der Waals surface area contributed by atoms with Gasteiger partial charge in [0.15, 0.2) is 4.34 Å². The smallest absolute Gasteiger partial charge is 0.274 e. The molecule has 3 rings (SSSR count). The van der Waals surface area contributed by atoms with Crippen LogP contribution in [-0.4, -0.2) is 38.4 Å². The average Bonchev–Trinajstić information content (AvgIpc) is 3.23. The van der Waals surface area contributed by atoms with Gasteiger partial charge in [0.2, 0.25) is 11.0 Å². The van der Waals surface area contributed by atoms with Crippen molar-refractivity contribution in [2.45, 2.75) is 42.5 Å². The number of carbonyl (C=O) groups excluding carboxylic acids is 2. The van der Waals surface area contributed by atoms with E-state index in [1.54, 1.807) is 29.9 Å². The Bertz CT molecular complexity index is 736. The van der Waals surface area contributed by atoms with Gasteiger partial charge in [0.25, 0.3) is 5.91 Å². The van der Waals surface area contributed by atoms with Crippen LogP contribution in [0.1, 0.15) is 42.6 Å². The van der Waals surface area contributed by atoms with Crippen molar-refractivity contribution in [2.24, 2.45) is 7.05 Å². The van der Waals surface area contributed by atoms with Crippen LogP contribution in [0.25, 0.3) is 0 Å². The first-order chi connectivity index (χ1) is 12.1. The van der Waals surface area contributed by atoms with E-state index < -0.39 is 5.91 Å². The second kappa shape index (κ2) is 8.48. The molecule has 0 atom stereocenters. The van der Waals surface area contributed by atoms with Crippen LogP contribution in [-0.2, 0) is 11.8 Å². The molecule has 1 aliphatic rings. The molecule has 0 radical (unpaired) electrons. The van der Waals surface area contributed by atoms with Gasteiger partial charge in [-0.3, -0.25) is 14.9 Å².